The normalized spacial score (nSPS) is 14.9. The van der Waals surface area contributed by atoms with Gasteiger partial charge in [-0.25, -0.2) is 9.80 Å². The van der Waals surface area contributed by atoms with Gasteiger partial charge in [-0.1, -0.05) is 35.9 Å². The summed E-state index contributed by atoms with van der Waals surface area (Å²) < 4.78 is 90.8. The van der Waals surface area contributed by atoms with Crippen molar-refractivity contribution in [1.29, 1.82) is 0 Å². The minimum absolute atomic E-state index is 0.0939. The second kappa shape index (κ2) is 10.8. The number of hydrogen-bond acceptors (Lipinski definition) is 6. The minimum Gasteiger partial charge on any atom is -0.268 e. The Morgan fingerprint density at radius 1 is 0.551 bits per heavy atom. The summed E-state index contributed by atoms with van der Waals surface area (Å²) >= 11 is 0. The van der Waals surface area contributed by atoms with Gasteiger partial charge in [0.1, 0.15) is 5.69 Å². The third kappa shape index (κ3) is 4.70. The number of fused-ring (bicyclic) bond motifs is 2. The molecule has 0 aromatic heterocycles. The van der Waals surface area contributed by atoms with Crippen molar-refractivity contribution in [2.24, 2.45) is 0 Å². The number of nitro benzene ring substituents is 1. The first-order valence-electron chi connectivity index (χ1n) is 14.3. The Kier molecular flexibility index (Phi) is 7.31. The summed E-state index contributed by atoms with van der Waals surface area (Å²) in [5, 5.41) is 11.7. The average molecular weight is 682 g/mol. The van der Waals surface area contributed by atoms with Crippen LogP contribution >= 0.6 is 0 Å². The lowest BCUT2D eigenvalue weighted by Gasteiger charge is -2.38. The molecule has 0 fully saturated rings. The Balaban J connectivity index is 1.52. The van der Waals surface area contributed by atoms with Gasteiger partial charge in [-0.3, -0.25) is 29.3 Å². The predicted octanol–water partition coefficient (Wildman–Crippen LogP) is 7.53. The van der Waals surface area contributed by atoms with E-state index in [9.17, 15) is 29.3 Å². The average Bonchev–Trinajstić information content (AvgIpc) is 3.39. The van der Waals surface area contributed by atoms with Crippen molar-refractivity contribution in [2.75, 3.05) is 9.80 Å². The van der Waals surface area contributed by atoms with Crippen molar-refractivity contribution in [3.05, 3.63) is 133 Å². The molecule has 2 heterocycles. The van der Waals surface area contributed by atoms with Crippen LogP contribution < -0.4 is 9.80 Å². The van der Waals surface area contributed by atoms with Gasteiger partial charge in [0.25, 0.3) is 29.3 Å². The van der Waals surface area contributed by atoms with Crippen LogP contribution in [0.15, 0.2) is 72.8 Å². The largest absolute Gasteiger partial charge is 0.411 e. The summed E-state index contributed by atoms with van der Waals surface area (Å²) in [5.41, 5.74) is -9.95. The molecule has 250 valence electrons. The molecule has 6 rings (SSSR count). The molecule has 0 N–H and O–H groups in total. The number of carbonyl (C=O) groups excluding carboxylic acids is 4. The van der Waals surface area contributed by atoms with Gasteiger partial charge in [0.05, 0.1) is 32.9 Å². The van der Waals surface area contributed by atoms with E-state index in [1.807, 2.05) is 0 Å². The number of halogens is 6. The monoisotopic (exact) mass is 681 g/mol. The zero-order valence-corrected chi connectivity index (χ0v) is 25.5. The summed E-state index contributed by atoms with van der Waals surface area (Å²) in [5.74, 6) is -4.67. The molecule has 2 aliphatic heterocycles. The molecule has 0 saturated carbocycles. The highest BCUT2D eigenvalue weighted by molar-refractivity contribution is 6.35. The number of alkyl halides is 6. The van der Waals surface area contributed by atoms with Gasteiger partial charge < -0.3 is 0 Å². The number of carbonyl (C=O) groups is 4. The van der Waals surface area contributed by atoms with Crippen LogP contribution in [0.5, 0.6) is 0 Å². The molecule has 0 saturated heterocycles. The molecule has 4 amide bonds. The SMILES string of the molecule is Cc1ccc(N2C(=O)c3ccc(C(c4ccc5c(c4)C(=O)N(c4ccc(C)cc4[N+](=O)[O-])C5=O)(C(F)(F)F)C(F)(F)F)cc3C2=O)c(C)c1. The number of rotatable bonds is 5. The molecular formula is C34H21F6N3O6. The van der Waals surface area contributed by atoms with Gasteiger partial charge in [-0.2, -0.15) is 26.3 Å². The zero-order valence-electron chi connectivity index (χ0n) is 25.5. The van der Waals surface area contributed by atoms with Gasteiger partial charge in [0, 0.05) is 6.07 Å². The van der Waals surface area contributed by atoms with Gasteiger partial charge in [-0.05, 0) is 79.4 Å². The van der Waals surface area contributed by atoms with Gasteiger partial charge in [0.15, 0.2) is 0 Å². The van der Waals surface area contributed by atoms with Crippen molar-refractivity contribution in [2.45, 2.75) is 38.5 Å². The quantitative estimate of drug-likeness (QED) is 0.0931. The lowest BCUT2D eigenvalue weighted by molar-refractivity contribution is -0.384. The Bertz CT molecular complexity index is 2160. The summed E-state index contributed by atoms with van der Waals surface area (Å²) in [6, 6.07) is 10.9. The minimum atomic E-state index is -6.16. The first-order chi connectivity index (χ1) is 22.8. The molecule has 2 aliphatic rings. The molecule has 9 nitrogen and oxygen atoms in total. The van der Waals surface area contributed by atoms with E-state index in [1.165, 1.54) is 19.1 Å². The second-order valence-electron chi connectivity index (χ2n) is 11.7. The highest BCUT2D eigenvalue weighted by Crippen LogP contribution is 2.57. The van der Waals surface area contributed by atoms with Crippen LogP contribution in [0, 0.1) is 30.9 Å². The number of anilines is 2. The lowest BCUT2D eigenvalue weighted by Crippen LogP contribution is -2.55. The van der Waals surface area contributed by atoms with E-state index >= 15 is 26.3 Å². The van der Waals surface area contributed by atoms with Crippen LogP contribution in [-0.4, -0.2) is 40.9 Å². The maximum Gasteiger partial charge on any atom is 0.411 e. The Morgan fingerprint density at radius 2 is 0.959 bits per heavy atom. The molecule has 0 spiro atoms. The Labute approximate surface area is 272 Å². The smallest absolute Gasteiger partial charge is 0.268 e. The first kappa shape index (κ1) is 33.1. The van der Waals surface area contributed by atoms with E-state index in [-0.39, 0.29) is 11.8 Å². The number of imide groups is 2. The molecule has 49 heavy (non-hydrogen) atoms. The van der Waals surface area contributed by atoms with E-state index in [0.29, 0.717) is 51.3 Å². The van der Waals surface area contributed by atoms with Crippen LogP contribution in [0.2, 0.25) is 0 Å². The summed E-state index contributed by atoms with van der Waals surface area (Å²) in [6.07, 6.45) is -12.3. The van der Waals surface area contributed by atoms with E-state index in [0.717, 1.165) is 17.7 Å². The highest BCUT2D eigenvalue weighted by Gasteiger charge is 2.73. The number of benzene rings is 4. The number of nitro groups is 1. The molecule has 0 radical (unpaired) electrons. The maximum atomic E-state index is 15.1. The summed E-state index contributed by atoms with van der Waals surface area (Å²) in [4.78, 5) is 65.2. The molecule has 0 aliphatic carbocycles. The number of amides is 4. The molecule has 0 bridgehead atoms. The molecule has 4 aromatic rings. The Hall–Kier alpha value is -5.86. The van der Waals surface area contributed by atoms with Gasteiger partial charge in [0.2, 0.25) is 5.41 Å². The third-order valence-electron chi connectivity index (χ3n) is 8.65. The number of aryl methyl sites for hydroxylation is 3. The molecule has 0 unspecified atom stereocenters. The third-order valence-corrected chi connectivity index (χ3v) is 8.65. The van der Waals surface area contributed by atoms with Gasteiger partial charge >= 0.3 is 12.4 Å². The lowest BCUT2D eigenvalue weighted by atomic mass is 9.71. The van der Waals surface area contributed by atoms with Crippen molar-refractivity contribution in [3.63, 3.8) is 0 Å². The van der Waals surface area contributed by atoms with Crippen LogP contribution in [0.3, 0.4) is 0 Å². The highest BCUT2D eigenvalue weighted by atomic mass is 19.4. The maximum absolute atomic E-state index is 15.1. The van der Waals surface area contributed by atoms with E-state index < -0.39 is 91.1 Å². The fourth-order valence-electron chi connectivity index (χ4n) is 6.39. The number of nitrogens with zero attached hydrogens (tertiary/aromatic N) is 3. The molecule has 0 atom stereocenters. The van der Waals surface area contributed by atoms with Crippen LogP contribution in [-0.2, 0) is 5.41 Å². The molecular weight excluding hydrogens is 660 g/mol. The van der Waals surface area contributed by atoms with Crippen LogP contribution in [0.4, 0.5) is 43.4 Å². The van der Waals surface area contributed by atoms with E-state index in [2.05, 4.69) is 0 Å². The van der Waals surface area contributed by atoms with Crippen molar-refractivity contribution >= 4 is 40.7 Å². The molecule has 15 heteroatoms. The first-order valence-corrected chi connectivity index (χ1v) is 14.3. The van der Waals surface area contributed by atoms with Crippen molar-refractivity contribution in [3.8, 4) is 0 Å². The van der Waals surface area contributed by atoms with Gasteiger partial charge in [-0.15, -0.1) is 0 Å². The summed E-state index contributed by atoms with van der Waals surface area (Å²) in [7, 11) is 0. The Morgan fingerprint density at radius 3 is 1.39 bits per heavy atom. The van der Waals surface area contributed by atoms with E-state index in [1.54, 1.807) is 26.0 Å². The fraction of sp³-hybridized carbons (Fsp3) is 0.176. The van der Waals surface area contributed by atoms with Crippen LogP contribution in [0.1, 0.15) is 69.2 Å². The van der Waals surface area contributed by atoms with E-state index in [4.69, 9.17) is 0 Å². The van der Waals surface area contributed by atoms with Crippen molar-refractivity contribution < 1.29 is 50.4 Å². The topological polar surface area (TPSA) is 118 Å². The summed E-state index contributed by atoms with van der Waals surface area (Å²) in [6.45, 7) is 4.81. The zero-order chi connectivity index (χ0) is 36.0. The van der Waals surface area contributed by atoms with Crippen LogP contribution in [0.25, 0.3) is 0 Å². The standard InChI is InChI=1S/C34H21F6N3O6/c1-16-4-10-25(18(3)12-16)41-28(44)21-8-6-19(14-23(21)30(41)46)32(33(35,36)37,34(38,39)40)20-7-9-22-24(15-20)31(47)42(29(22)45)26-11-5-17(2)13-27(26)43(48)49/h4-15H,1-3H3. The fourth-order valence-corrected chi connectivity index (χ4v) is 6.39. The van der Waals surface area contributed by atoms with Crippen molar-refractivity contribution in [1.82, 2.24) is 0 Å². The predicted molar refractivity (Wildman–Crippen MR) is 162 cm³/mol. The number of hydrogen-bond donors (Lipinski definition) is 0. The molecule has 4 aromatic carbocycles. The second-order valence-corrected chi connectivity index (χ2v) is 11.7.